The molecule has 0 fully saturated rings. The maximum absolute atomic E-state index is 12.5. The minimum Gasteiger partial charge on any atom is -0.347 e. The predicted octanol–water partition coefficient (Wildman–Crippen LogP) is 4.16. The van der Waals surface area contributed by atoms with Crippen LogP contribution in [0.3, 0.4) is 0 Å². The summed E-state index contributed by atoms with van der Waals surface area (Å²) in [4.78, 5) is 32.6. The summed E-state index contributed by atoms with van der Waals surface area (Å²) >= 11 is 0. The van der Waals surface area contributed by atoms with Crippen LogP contribution in [0.5, 0.6) is 0 Å². The van der Waals surface area contributed by atoms with Crippen LogP contribution in [0, 0.1) is 0 Å². The summed E-state index contributed by atoms with van der Waals surface area (Å²) in [6, 6.07) is 23.5. The molecule has 0 spiro atoms. The van der Waals surface area contributed by atoms with Crippen molar-refractivity contribution in [3.8, 4) is 11.3 Å². The van der Waals surface area contributed by atoms with E-state index in [1.807, 2.05) is 79.7 Å². The number of carbonyl (C=O) groups excluding carboxylic acids is 2. The van der Waals surface area contributed by atoms with E-state index in [0.29, 0.717) is 12.2 Å². The van der Waals surface area contributed by atoms with Crippen molar-refractivity contribution in [3.63, 3.8) is 0 Å². The van der Waals surface area contributed by atoms with Gasteiger partial charge in [0.15, 0.2) is 0 Å². The van der Waals surface area contributed by atoms with Gasteiger partial charge < -0.3 is 15.6 Å². The van der Waals surface area contributed by atoms with Gasteiger partial charge in [0.2, 0.25) is 11.8 Å². The lowest BCUT2D eigenvalue weighted by Crippen LogP contribution is -2.39. The fraction of sp³-hybridized carbons (Fsp3) is 0.192. The first kappa shape index (κ1) is 21.3. The number of nitrogens with one attached hydrogen (secondary N) is 3. The Labute approximate surface area is 187 Å². The number of fused-ring (bicyclic) bond motifs is 1. The van der Waals surface area contributed by atoms with Crippen molar-refractivity contribution < 1.29 is 9.59 Å². The first-order valence-electron chi connectivity index (χ1n) is 10.8. The first-order chi connectivity index (χ1) is 15.6. The molecule has 3 N–H and O–H groups in total. The van der Waals surface area contributed by atoms with Crippen LogP contribution in [-0.2, 0) is 16.0 Å². The largest absolute Gasteiger partial charge is 0.347 e. The van der Waals surface area contributed by atoms with Crippen molar-refractivity contribution in [2.45, 2.75) is 25.8 Å². The average molecular weight is 427 g/mol. The molecule has 1 aromatic heterocycles. The monoisotopic (exact) mass is 426 g/mol. The first-order valence-corrected chi connectivity index (χ1v) is 10.8. The number of imidazole rings is 1. The minimum absolute atomic E-state index is 0.0770. The number of aromatic nitrogens is 2. The fourth-order valence-corrected chi connectivity index (χ4v) is 3.75. The van der Waals surface area contributed by atoms with Crippen LogP contribution in [0.25, 0.3) is 22.0 Å². The summed E-state index contributed by atoms with van der Waals surface area (Å²) in [7, 11) is 0. The van der Waals surface area contributed by atoms with Crippen molar-refractivity contribution in [2.24, 2.45) is 0 Å². The number of H-pyrrole nitrogens is 1. The van der Waals surface area contributed by atoms with Gasteiger partial charge in [-0.25, -0.2) is 4.98 Å². The maximum Gasteiger partial charge on any atom is 0.239 e. The lowest BCUT2D eigenvalue weighted by Gasteiger charge is -2.15. The van der Waals surface area contributed by atoms with E-state index in [-0.39, 0.29) is 30.8 Å². The Bertz CT molecular complexity index is 1210. The molecule has 6 nitrogen and oxygen atoms in total. The van der Waals surface area contributed by atoms with Gasteiger partial charge in [0.25, 0.3) is 0 Å². The van der Waals surface area contributed by atoms with Gasteiger partial charge in [-0.2, -0.15) is 0 Å². The number of amides is 2. The number of rotatable bonds is 8. The van der Waals surface area contributed by atoms with Crippen molar-refractivity contribution >= 4 is 22.6 Å². The zero-order valence-corrected chi connectivity index (χ0v) is 18.0. The van der Waals surface area contributed by atoms with Gasteiger partial charge >= 0.3 is 0 Å². The molecule has 162 valence electrons. The molecule has 32 heavy (non-hydrogen) atoms. The summed E-state index contributed by atoms with van der Waals surface area (Å²) in [6.45, 7) is 1.90. The van der Waals surface area contributed by atoms with Gasteiger partial charge in [0.1, 0.15) is 5.82 Å². The molecule has 0 saturated heterocycles. The third-order valence-corrected chi connectivity index (χ3v) is 5.43. The Hall–Kier alpha value is -3.93. The summed E-state index contributed by atoms with van der Waals surface area (Å²) in [5.41, 5.74) is 2.88. The molecule has 1 heterocycles. The number of carbonyl (C=O) groups is 2. The normalized spacial score (nSPS) is 11.8. The summed E-state index contributed by atoms with van der Waals surface area (Å²) in [6.07, 6.45) is 2.67. The minimum atomic E-state index is -0.255. The number of nitrogens with zero attached hydrogens (tertiary/aromatic N) is 1. The van der Waals surface area contributed by atoms with Gasteiger partial charge in [0.05, 0.1) is 30.9 Å². The number of aromatic amines is 1. The fourth-order valence-electron chi connectivity index (χ4n) is 3.75. The van der Waals surface area contributed by atoms with Crippen molar-refractivity contribution in [3.05, 3.63) is 90.4 Å². The lowest BCUT2D eigenvalue weighted by molar-refractivity contribution is -0.126. The molecular formula is C26H26N4O2. The van der Waals surface area contributed by atoms with Gasteiger partial charge in [-0.15, -0.1) is 0 Å². The predicted molar refractivity (Wildman–Crippen MR) is 126 cm³/mol. The molecule has 4 rings (SSSR count). The molecule has 4 aromatic rings. The SMILES string of the molecule is CCC(NC(=O)CNC(=O)Cc1cccc2ccccc12)c1ncc(-c2ccccc2)[nH]1. The smallest absolute Gasteiger partial charge is 0.239 e. The Morgan fingerprint density at radius 2 is 1.69 bits per heavy atom. The molecule has 0 radical (unpaired) electrons. The lowest BCUT2D eigenvalue weighted by atomic mass is 10.0. The second kappa shape index (κ2) is 9.92. The third kappa shape index (κ3) is 5.03. The molecule has 0 aliphatic heterocycles. The van der Waals surface area contributed by atoms with Crippen LogP contribution in [-0.4, -0.2) is 28.3 Å². The van der Waals surface area contributed by atoms with E-state index in [9.17, 15) is 9.59 Å². The summed E-state index contributed by atoms with van der Waals surface area (Å²) in [5, 5.41) is 7.82. The van der Waals surface area contributed by atoms with E-state index < -0.39 is 0 Å². The van der Waals surface area contributed by atoms with Crippen LogP contribution in [0.1, 0.15) is 30.8 Å². The highest BCUT2D eigenvalue weighted by Gasteiger charge is 2.17. The standard InChI is InChI=1S/C26H26N4O2/c1-2-22(26-28-16-23(30-26)19-10-4-3-5-11-19)29-25(32)17-27-24(31)15-20-13-8-12-18-9-6-7-14-21(18)20/h3-14,16,22H,2,15,17H2,1H3,(H,27,31)(H,28,30)(H,29,32). The average Bonchev–Trinajstić information content (AvgIpc) is 3.32. The second-order valence-corrected chi connectivity index (χ2v) is 7.67. The Morgan fingerprint density at radius 3 is 2.50 bits per heavy atom. The third-order valence-electron chi connectivity index (χ3n) is 5.43. The van der Waals surface area contributed by atoms with Gasteiger partial charge in [-0.1, -0.05) is 79.7 Å². The molecule has 6 heteroatoms. The van der Waals surface area contributed by atoms with E-state index in [1.165, 1.54) is 0 Å². The van der Waals surface area contributed by atoms with Crippen LogP contribution in [0.2, 0.25) is 0 Å². The summed E-state index contributed by atoms with van der Waals surface area (Å²) in [5.74, 6) is 0.261. The van der Waals surface area contributed by atoms with E-state index in [0.717, 1.165) is 27.6 Å². The second-order valence-electron chi connectivity index (χ2n) is 7.67. The molecule has 0 aliphatic rings. The van der Waals surface area contributed by atoms with Crippen molar-refractivity contribution in [1.82, 2.24) is 20.6 Å². The molecule has 1 atom stereocenters. The maximum atomic E-state index is 12.5. The number of hydrogen-bond donors (Lipinski definition) is 3. The van der Waals surface area contributed by atoms with Gasteiger partial charge in [0, 0.05) is 0 Å². The van der Waals surface area contributed by atoms with E-state index in [2.05, 4.69) is 20.6 Å². The van der Waals surface area contributed by atoms with Gasteiger partial charge in [-0.3, -0.25) is 9.59 Å². The number of hydrogen-bond acceptors (Lipinski definition) is 3. The van der Waals surface area contributed by atoms with Crippen LogP contribution < -0.4 is 10.6 Å². The Kier molecular flexibility index (Phi) is 6.60. The van der Waals surface area contributed by atoms with Crippen LogP contribution >= 0.6 is 0 Å². The zero-order chi connectivity index (χ0) is 22.3. The molecule has 2 amide bonds. The molecular weight excluding hydrogens is 400 g/mol. The van der Waals surface area contributed by atoms with Crippen molar-refractivity contribution in [2.75, 3.05) is 6.54 Å². The highest BCUT2D eigenvalue weighted by molar-refractivity contribution is 5.91. The van der Waals surface area contributed by atoms with E-state index in [1.54, 1.807) is 6.20 Å². The Morgan fingerprint density at radius 1 is 0.938 bits per heavy atom. The van der Waals surface area contributed by atoms with Crippen LogP contribution in [0.4, 0.5) is 0 Å². The molecule has 0 saturated carbocycles. The topological polar surface area (TPSA) is 86.9 Å². The quantitative estimate of drug-likeness (QED) is 0.395. The number of benzene rings is 3. The zero-order valence-electron chi connectivity index (χ0n) is 18.0. The molecule has 0 bridgehead atoms. The van der Waals surface area contributed by atoms with E-state index in [4.69, 9.17) is 0 Å². The highest BCUT2D eigenvalue weighted by Crippen LogP contribution is 2.21. The van der Waals surface area contributed by atoms with E-state index >= 15 is 0 Å². The summed E-state index contributed by atoms with van der Waals surface area (Å²) < 4.78 is 0. The molecule has 3 aromatic carbocycles. The van der Waals surface area contributed by atoms with Crippen molar-refractivity contribution in [1.29, 1.82) is 0 Å². The molecule has 1 unspecified atom stereocenters. The Balaban J connectivity index is 1.32. The van der Waals surface area contributed by atoms with Gasteiger partial charge in [-0.05, 0) is 28.3 Å². The molecule has 0 aliphatic carbocycles. The highest BCUT2D eigenvalue weighted by atomic mass is 16.2. The van der Waals surface area contributed by atoms with Crippen LogP contribution in [0.15, 0.2) is 79.0 Å².